The number of carbonyl (C=O) groups is 2. The lowest BCUT2D eigenvalue weighted by Gasteiger charge is -2.30. The Hall–Kier alpha value is -3.10. The van der Waals surface area contributed by atoms with E-state index in [0.29, 0.717) is 35.3 Å². The Kier molecular flexibility index (Phi) is 4.55. The number of benzene rings is 1. The lowest BCUT2D eigenvalue weighted by atomic mass is 10.2. The number of hydrogen-bond acceptors (Lipinski definition) is 6. The number of aromatic nitrogens is 2. The number of nitrogens with zero attached hydrogens (tertiary/aromatic N) is 3. The fourth-order valence-corrected chi connectivity index (χ4v) is 2.43. The van der Waals surface area contributed by atoms with E-state index < -0.39 is 12.1 Å². The van der Waals surface area contributed by atoms with E-state index in [1.54, 1.807) is 32.2 Å². The molecular formula is C16H19N5O4. The van der Waals surface area contributed by atoms with E-state index in [0.717, 1.165) is 0 Å². The van der Waals surface area contributed by atoms with Gasteiger partial charge in [-0.2, -0.15) is 0 Å². The summed E-state index contributed by atoms with van der Waals surface area (Å²) >= 11 is 0. The van der Waals surface area contributed by atoms with Gasteiger partial charge in [0.2, 0.25) is 11.8 Å². The van der Waals surface area contributed by atoms with Gasteiger partial charge in [-0.15, -0.1) is 10.2 Å². The average molecular weight is 345 g/mol. The molecule has 132 valence electrons. The Morgan fingerprint density at radius 3 is 2.80 bits per heavy atom. The third-order valence-electron chi connectivity index (χ3n) is 3.77. The summed E-state index contributed by atoms with van der Waals surface area (Å²) in [6.07, 6.45) is 0.0795. The molecule has 25 heavy (non-hydrogen) atoms. The van der Waals surface area contributed by atoms with E-state index in [1.165, 1.54) is 4.90 Å². The second kappa shape index (κ2) is 6.80. The predicted molar refractivity (Wildman–Crippen MR) is 89.5 cm³/mol. The van der Waals surface area contributed by atoms with Crippen molar-refractivity contribution in [2.24, 2.45) is 0 Å². The molecule has 0 saturated carbocycles. The molecule has 1 aromatic heterocycles. The van der Waals surface area contributed by atoms with Crippen LogP contribution >= 0.6 is 0 Å². The van der Waals surface area contributed by atoms with E-state index in [9.17, 15) is 9.59 Å². The zero-order chi connectivity index (χ0) is 18.0. The smallest absolute Gasteiger partial charge is 0.319 e. The molecule has 0 unspecified atom stereocenters. The summed E-state index contributed by atoms with van der Waals surface area (Å²) in [6.45, 7) is 3.72. The highest BCUT2D eigenvalue weighted by atomic mass is 16.5. The number of aryl methyl sites for hydroxylation is 1. The van der Waals surface area contributed by atoms with Crippen LogP contribution in [-0.4, -0.2) is 35.3 Å². The van der Waals surface area contributed by atoms with Crippen LogP contribution in [0.5, 0.6) is 5.75 Å². The minimum atomic E-state index is -0.563. The fraction of sp³-hybridized carbons (Fsp3) is 0.375. The van der Waals surface area contributed by atoms with Crippen LogP contribution in [0, 0.1) is 0 Å². The van der Waals surface area contributed by atoms with Gasteiger partial charge in [-0.25, -0.2) is 4.79 Å². The van der Waals surface area contributed by atoms with Crippen LogP contribution in [0.3, 0.4) is 0 Å². The normalized spacial score (nSPS) is 16.2. The van der Waals surface area contributed by atoms with Crippen LogP contribution in [0.15, 0.2) is 22.6 Å². The van der Waals surface area contributed by atoms with Crippen molar-refractivity contribution in [3.8, 4) is 5.75 Å². The Bertz CT molecular complexity index is 804. The first-order chi connectivity index (χ1) is 12.0. The molecule has 0 radical (unpaired) electrons. The van der Waals surface area contributed by atoms with Crippen molar-refractivity contribution in [2.75, 3.05) is 17.3 Å². The van der Waals surface area contributed by atoms with Crippen LogP contribution in [0.2, 0.25) is 0 Å². The lowest BCUT2D eigenvalue weighted by Crippen LogP contribution is -2.42. The third kappa shape index (κ3) is 3.54. The maximum Gasteiger partial charge on any atom is 0.319 e. The molecule has 1 aliphatic rings. The molecule has 9 nitrogen and oxygen atoms in total. The maximum absolute atomic E-state index is 12.0. The minimum Gasteiger partial charge on any atom is -0.479 e. The topological polar surface area (TPSA) is 110 Å². The first-order valence-corrected chi connectivity index (χ1v) is 7.92. The van der Waals surface area contributed by atoms with E-state index in [-0.39, 0.29) is 12.5 Å². The van der Waals surface area contributed by atoms with Crippen LogP contribution in [0.1, 0.15) is 25.6 Å². The van der Waals surface area contributed by atoms with E-state index in [4.69, 9.17) is 9.15 Å². The molecule has 0 aliphatic carbocycles. The van der Waals surface area contributed by atoms with Crippen molar-refractivity contribution in [1.82, 2.24) is 15.5 Å². The van der Waals surface area contributed by atoms with Crippen molar-refractivity contribution >= 4 is 23.3 Å². The summed E-state index contributed by atoms with van der Waals surface area (Å²) < 4.78 is 10.9. The summed E-state index contributed by atoms with van der Waals surface area (Å²) in [5.41, 5.74) is 1.21. The number of anilines is 2. The van der Waals surface area contributed by atoms with Gasteiger partial charge in [-0.05, 0) is 19.1 Å². The second-order valence-electron chi connectivity index (χ2n) is 5.59. The van der Waals surface area contributed by atoms with Crippen molar-refractivity contribution in [1.29, 1.82) is 0 Å². The number of carbonyl (C=O) groups excluding carboxylic acids is 2. The monoisotopic (exact) mass is 345 g/mol. The quantitative estimate of drug-likeness (QED) is 0.873. The highest BCUT2D eigenvalue weighted by Gasteiger charge is 2.28. The van der Waals surface area contributed by atoms with Gasteiger partial charge in [0, 0.05) is 25.2 Å². The largest absolute Gasteiger partial charge is 0.479 e. The molecule has 9 heteroatoms. The zero-order valence-corrected chi connectivity index (χ0v) is 14.2. The van der Waals surface area contributed by atoms with Gasteiger partial charge >= 0.3 is 6.03 Å². The number of hydrogen-bond donors (Lipinski definition) is 2. The molecular weight excluding hydrogens is 326 g/mol. The Morgan fingerprint density at radius 1 is 1.32 bits per heavy atom. The van der Waals surface area contributed by atoms with Gasteiger partial charge in [0.1, 0.15) is 5.75 Å². The summed E-state index contributed by atoms with van der Waals surface area (Å²) in [4.78, 5) is 25.4. The molecule has 1 aromatic carbocycles. The van der Waals surface area contributed by atoms with Crippen molar-refractivity contribution < 1.29 is 18.7 Å². The Morgan fingerprint density at radius 2 is 2.08 bits per heavy atom. The van der Waals surface area contributed by atoms with Gasteiger partial charge in [0.25, 0.3) is 5.91 Å². The van der Waals surface area contributed by atoms with Crippen LogP contribution in [0.4, 0.5) is 16.2 Å². The minimum absolute atomic E-state index is 0.114. The maximum atomic E-state index is 12.0. The predicted octanol–water partition coefficient (Wildman–Crippen LogP) is 1.70. The van der Waals surface area contributed by atoms with Crippen LogP contribution in [-0.2, 0) is 17.8 Å². The number of ether oxygens (including phenoxy) is 1. The first-order valence-electron chi connectivity index (χ1n) is 7.92. The van der Waals surface area contributed by atoms with Crippen molar-refractivity contribution in [3.05, 3.63) is 30.0 Å². The lowest BCUT2D eigenvalue weighted by molar-refractivity contribution is -0.125. The Labute approximate surface area is 144 Å². The van der Waals surface area contributed by atoms with E-state index in [1.807, 2.05) is 6.92 Å². The molecule has 0 bridgehead atoms. The van der Waals surface area contributed by atoms with E-state index >= 15 is 0 Å². The molecule has 2 N–H and O–H groups in total. The molecule has 2 aromatic rings. The second-order valence-corrected chi connectivity index (χ2v) is 5.59. The van der Waals surface area contributed by atoms with Crippen molar-refractivity contribution in [2.45, 2.75) is 32.9 Å². The molecule has 3 rings (SSSR count). The summed E-state index contributed by atoms with van der Waals surface area (Å²) in [6, 6.07) is 4.68. The molecule has 0 spiro atoms. The number of likely N-dealkylation sites (N-methyl/N-ethyl adjacent to an activating group) is 1. The number of fused-ring (bicyclic) bond motifs is 1. The standard InChI is InChI=1S/C16H19N5O4/c1-4-13-19-20-14(25-13)8-17-16(23)18-10-5-6-11-12(7-10)24-9(2)15(22)21(11)3/h5-7,9H,4,8H2,1-3H3,(H2,17,18,23)/t9-/m0/s1. The number of urea groups is 1. The van der Waals surface area contributed by atoms with Crippen molar-refractivity contribution in [3.63, 3.8) is 0 Å². The summed E-state index contributed by atoms with van der Waals surface area (Å²) in [7, 11) is 1.69. The van der Waals surface area contributed by atoms with E-state index in [2.05, 4.69) is 20.8 Å². The first kappa shape index (κ1) is 16.7. The summed E-state index contributed by atoms with van der Waals surface area (Å²) in [5, 5.41) is 13.0. The number of amides is 3. The third-order valence-corrected chi connectivity index (χ3v) is 3.77. The van der Waals surface area contributed by atoms with Gasteiger partial charge in [-0.1, -0.05) is 6.92 Å². The molecule has 1 aliphatic heterocycles. The summed E-state index contributed by atoms with van der Waals surface area (Å²) in [5.74, 6) is 1.29. The molecule has 0 fully saturated rings. The van der Waals surface area contributed by atoms with Gasteiger partial charge in [0.05, 0.1) is 12.2 Å². The molecule has 1 atom stereocenters. The average Bonchev–Trinajstić information content (AvgIpc) is 3.06. The number of nitrogens with one attached hydrogen (secondary N) is 2. The van der Waals surface area contributed by atoms with Gasteiger partial charge in [-0.3, -0.25) is 4.79 Å². The number of rotatable bonds is 4. The van der Waals surface area contributed by atoms with Gasteiger partial charge in [0.15, 0.2) is 6.10 Å². The molecule has 3 amide bonds. The molecule has 0 saturated heterocycles. The van der Waals surface area contributed by atoms with Crippen LogP contribution in [0.25, 0.3) is 0 Å². The van der Waals surface area contributed by atoms with Gasteiger partial charge < -0.3 is 24.7 Å². The van der Waals surface area contributed by atoms with Crippen LogP contribution < -0.4 is 20.3 Å². The highest BCUT2D eigenvalue weighted by Crippen LogP contribution is 2.35. The SMILES string of the molecule is CCc1nnc(CNC(=O)Nc2ccc3c(c2)O[C@@H](C)C(=O)N3C)o1. The molecule has 2 heterocycles. The fourth-order valence-electron chi connectivity index (χ4n) is 2.43. The highest BCUT2D eigenvalue weighted by molar-refractivity contribution is 6.00. The zero-order valence-electron chi connectivity index (χ0n) is 14.2. The Balaban J connectivity index is 1.62.